The van der Waals surface area contributed by atoms with Crippen molar-refractivity contribution in [1.82, 2.24) is 0 Å². The van der Waals surface area contributed by atoms with E-state index in [4.69, 9.17) is 16.7 Å². The fraction of sp³-hybridized carbons (Fsp3) is 0.812. The molecule has 1 rings (SSSR count). The van der Waals surface area contributed by atoms with E-state index in [0.29, 0.717) is 6.42 Å². The van der Waals surface area contributed by atoms with Crippen LogP contribution in [0, 0.1) is 11.8 Å². The summed E-state index contributed by atoms with van der Waals surface area (Å²) in [6.07, 6.45) is 3.07. The van der Waals surface area contributed by atoms with Crippen molar-refractivity contribution < 1.29 is 25.2 Å². The maximum absolute atomic E-state index is 10.9. The Bertz CT molecular complexity index is 407. The fourth-order valence-electron chi connectivity index (χ4n) is 3.02. The molecule has 0 heterocycles. The Hall–Kier alpha value is -0.620. The Morgan fingerprint density at radius 2 is 1.95 bits per heavy atom. The Morgan fingerprint density at radius 3 is 2.50 bits per heavy atom. The van der Waals surface area contributed by atoms with E-state index in [1.54, 1.807) is 6.92 Å². The van der Waals surface area contributed by atoms with Crippen molar-refractivity contribution in [1.29, 1.82) is 0 Å². The molecule has 0 saturated heterocycles. The van der Waals surface area contributed by atoms with Gasteiger partial charge in [-0.1, -0.05) is 43.9 Å². The third-order valence-corrected chi connectivity index (χ3v) is 4.98. The molecule has 1 saturated carbocycles. The standard InChI is InChI=1S/C16H27ClO5/c1-3-4-5-6-16(2,22)14(17)7-10-11(8-15(20)21)13(19)9-12(10)18/h7,10-13,18-19,22H,3-6,8-9H2,1-2H3,(H,20,21)/t10-,11+,12-,13+,16+/m1/s1. The maximum atomic E-state index is 10.9. The number of carbonyl (C=O) groups is 1. The molecule has 0 aliphatic heterocycles. The van der Waals surface area contributed by atoms with Crippen LogP contribution >= 0.6 is 11.6 Å². The summed E-state index contributed by atoms with van der Waals surface area (Å²) in [7, 11) is 0. The second kappa shape index (κ2) is 8.29. The Morgan fingerprint density at radius 1 is 1.32 bits per heavy atom. The number of halogens is 1. The van der Waals surface area contributed by atoms with Gasteiger partial charge in [0.05, 0.1) is 24.2 Å². The van der Waals surface area contributed by atoms with Gasteiger partial charge in [0, 0.05) is 23.3 Å². The average molecular weight is 335 g/mol. The molecule has 22 heavy (non-hydrogen) atoms. The summed E-state index contributed by atoms with van der Waals surface area (Å²) in [6.45, 7) is 3.68. The lowest BCUT2D eigenvalue weighted by Gasteiger charge is -2.26. The molecule has 4 N–H and O–H groups in total. The summed E-state index contributed by atoms with van der Waals surface area (Å²) in [5.74, 6) is -2.17. The van der Waals surface area contributed by atoms with E-state index in [1.165, 1.54) is 6.08 Å². The molecule has 0 unspecified atom stereocenters. The van der Waals surface area contributed by atoms with Gasteiger partial charge >= 0.3 is 5.97 Å². The van der Waals surface area contributed by atoms with Crippen LogP contribution in [0.25, 0.3) is 0 Å². The number of carboxylic acids is 1. The van der Waals surface area contributed by atoms with Crippen LogP contribution in [0.5, 0.6) is 0 Å². The van der Waals surface area contributed by atoms with Crippen molar-refractivity contribution in [3.8, 4) is 0 Å². The number of unbranched alkanes of at least 4 members (excludes halogenated alkanes) is 2. The summed E-state index contributed by atoms with van der Waals surface area (Å²) in [5.41, 5.74) is -1.20. The molecule has 0 bridgehead atoms. The number of rotatable bonds is 8. The van der Waals surface area contributed by atoms with Crippen LogP contribution in [0.15, 0.2) is 11.1 Å². The summed E-state index contributed by atoms with van der Waals surface area (Å²) in [4.78, 5) is 10.9. The Labute approximate surface area is 136 Å². The van der Waals surface area contributed by atoms with Crippen molar-refractivity contribution >= 4 is 17.6 Å². The summed E-state index contributed by atoms with van der Waals surface area (Å²) >= 11 is 6.22. The summed E-state index contributed by atoms with van der Waals surface area (Å²) in [5, 5.41) is 39.5. The van der Waals surface area contributed by atoms with Gasteiger partial charge in [-0.05, 0) is 13.3 Å². The van der Waals surface area contributed by atoms with Gasteiger partial charge in [0.1, 0.15) is 0 Å². The van der Waals surface area contributed by atoms with Crippen LogP contribution in [-0.4, -0.2) is 44.2 Å². The smallest absolute Gasteiger partial charge is 0.303 e. The van der Waals surface area contributed by atoms with Crippen LogP contribution in [-0.2, 0) is 4.79 Å². The Balaban J connectivity index is 2.84. The van der Waals surface area contributed by atoms with Crippen LogP contribution in [0.1, 0.15) is 52.4 Å². The molecule has 1 fully saturated rings. The van der Waals surface area contributed by atoms with Crippen LogP contribution in [0.4, 0.5) is 0 Å². The van der Waals surface area contributed by atoms with Gasteiger partial charge in [-0.3, -0.25) is 4.79 Å². The SMILES string of the molecule is CCCCC[C@](C)(O)C(Cl)=C[C@@H]1[C@H](CC(=O)O)[C@@H](O)C[C@H]1O. The minimum atomic E-state index is -1.20. The number of hydrogen-bond acceptors (Lipinski definition) is 4. The minimum Gasteiger partial charge on any atom is -0.481 e. The minimum absolute atomic E-state index is 0.126. The molecule has 0 aromatic rings. The first-order valence-electron chi connectivity index (χ1n) is 7.87. The van der Waals surface area contributed by atoms with Gasteiger partial charge in [0.25, 0.3) is 0 Å². The second-order valence-electron chi connectivity index (χ2n) is 6.46. The highest BCUT2D eigenvalue weighted by molar-refractivity contribution is 6.30. The first-order chi connectivity index (χ1) is 10.2. The number of aliphatic hydroxyl groups excluding tert-OH is 2. The van der Waals surface area contributed by atoms with Gasteiger partial charge in [-0.2, -0.15) is 0 Å². The third kappa shape index (κ3) is 5.23. The highest BCUT2D eigenvalue weighted by Gasteiger charge is 2.42. The quantitative estimate of drug-likeness (QED) is 0.510. The fourth-order valence-corrected chi connectivity index (χ4v) is 3.26. The molecular weight excluding hydrogens is 308 g/mol. The zero-order chi connectivity index (χ0) is 16.9. The van der Waals surface area contributed by atoms with Crippen molar-refractivity contribution in [2.24, 2.45) is 11.8 Å². The first-order valence-corrected chi connectivity index (χ1v) is 8.25. The molecule has 0 spiro atoms. The van der Waals surface area contributed by atoms with E-state index in [2.05, 4.69) is 6.92 Å². The van der Waals surface area contributed by atoms with E-state index in [1.807, 2.05) is 0 Å². The number of aliphatic carboxylic acids is 1. The lowest BCUT2D eigenvalue weighted by atomic mass is 9.88. The predicted molar refractivity (Wildman–Crippen MR) is 84.6 cm³/mol. The predicted octanol–water partition coefficient (Wildman–Crippen LogP) is 2.27. The lowest BCUT2D eigenvalue weighted by molar-refractivity contribution is -0.139. The Kier molecular flexibility index (Phi) is 7.32. The van der Waals surface area contributed by atoms with E-state index in [9.17, 15) is 20.1 Å². The molecule has 6 heteroatoms. The zero-order valence-electron chi connectivity index (χ0n) is 13.2. The number of aliphatic hydroxyl groups is 3. The lowest BCUT2D eigenvalue weighted by Crippen LogP contribution is -2.28. The zero-order valence-corrected chi connectivity index (χ0v) is 14.0. The van der Waals surface area contributed by atoms with Gasteiger partial charge in [-0.25, -0.2) is 0 Å². The molecule has 0 aromatic carbocycles. The van der Waals surface area contributed by atoms with Gasteiger partial charge in [0.15, 0.2) is 0 Å². The first kappa shape index (κ1) is 19.4. The van der Waals surface area contributed by atoms with E-state index >= 15 is 0 Å². The van der Waals surface area contributed by atoms with E-state index in [0.717, 1.165) is 19.3 Å². The number of carboxylic acid groups (broad SMARTS) is 1. The van der Waals surface area contributed by atoms with Crippen LogP contribution in [0.3, 0.4) is 0 Å². The highest BCUT2D eigenvalue weighted by Crippen LogP contribution is 2.39. The molecule has 0 radical (unpaired) electrons. The summed E-state index contributed by atoms with van der Waals surface area (Å²) in [6, 6.07) is 0. The molecule has 5 atom stereocenters. The van der Waals surface area contributed by atoms with Gasteiger partial charge < -0.3 is 20.4 Å². The highest BCUT2D eigenvalue weighted by atomic mass is 35.5. The van der Waals surface area contributed by atoms with Crippen molar-refractivity contribution in [3.05, 3.63) is 11.1 Å². The molecule has 0 amide bonds. The molecule has 5 nitrogen and oxygen atoms in total. The van der Waals surface area contributed by atoms with Crippen LogP contribution < -0.4 is 0 Å². The maximum Gasteiger partial charge on any atom is 0.303 e. The van der Waals surface area contributed by atoms with Crippen molar-refractivity contribution in [2.45, 2.75) is 70.2 Å². The van der Waals surface area contributed by atoms with Gasteiger partial charge in [0.2, 0.25) is 0 Å². The van der Waals surface area contributed by atoms with E-state index in [-0.39, 0.29) is 17.9 Å². The van der Waals surface area contributed by atoms with Crippen LogP contribution in [0.2, 0.25) is 0 Å². The number of hydrogen-bond donors (Lipinski definition) is 4. The summed E-state index contributed by atoms with van der Waals surface area (Å²) < 4.78 is 0. The van der Waals surface area contributed by atoms with Gasteiger partial charge in [-0.15, -0.1) is 0 Å². The molecule has 128 valence electrons. The monoisotopic (exact) mass is 334 g/mol. The third-order valence-electron chi connectivity index (χ3n) is 4.45. The molecular formula is C16H27ClO5. The molecule has 1 aliphatic carbocycles. The average Bonchev–Trinajstić information content (AvgIpc) is 2.65. The van der Waals surface area contributed by atoms with Crippen molar-refractivity contribution in [3.63, 3.8) is 0 Å². The van der Waals surface area contributed by atoms with Crippen molar-refractivity contribution in [2.75, 3.05) is 0 Å². The second-order valence-corrected chi connectivity index (χ2v) is 6.86. The molecule has 0 aromatic heterocycles. The van der Waals surface area contributed by atoms with E-state index < -0.39 is 35.6 Å². The largest absolute Gasteiger partial charge is 0.481 e. The normalized spacial score (nSPS) is 32.0. The molecule has 1 aliphatic rings. The topological polar surface area (TPSA) is 98.0 Å².